The fraction of sp³-hybridized carbons (Fsp3) is 0.267. The number of hydrogen-bond acceptors (Lipinski definition) is 5. The van der Waals surface area contributed by atoms with Crippen LogP contribution in [0, 0.1) is 5.82 Å². The van der Waals surface area contributed by atoms with Crippen LogP contribution in [0.2, 0.25) is 0 Å². The highest BCUT2D eigenvalue weighted by Gasteiger charge is 2.15. The number of aryl methyl sites for hydroxylation is 1. The third-order valence-electron chi connectivity index (χ3n) is 3.20. The predicted molar refractivity (Wildman–Crippen MR) is 83.2 cm³/mol. The number of nitrogens with one attached hydrogen (secondary N) is 1. The molecule has 0 aliphatic carbocycles. The molecule has 0 fully saturated rings. The Morgan fingerprint density at radius 3 is 2.90 bits per heavy atom. The molecule has 0 atom stereocenters. The zero-order valence-corrected chi connectivity index (χ0v) is 12.7. The minimum atomic E-state index is -0.582. The summed E-state index contributed by atoms with van der Waals surface area (Å²) in [5.74, 6) is -1.07. The van der Waals surface area contributed by atoms with Gasteiger partial charge in [-0.1, -0.05) is 6.92 Å². The number of carbonyl (C=O) groups excluding carboxylic acids is 1. The number of nitrogens with two attached hydrogens (primary N) is 1. The standard InChI is InChI=1S/C15H17FN2O2S/c1-3-9-4-5-21-14(9)8-18-13-6-10(15(19)20-2)12(17)7-11(13)16/h4-7,18H,3,8,17H2,1-2H3. The van der Waals surface area contributed by atoms with Crippen molar-refractivity contribution in [2.24, 2.45) is 0 Å². The molecule has 0 aliphatic rings. The van der Waals surface area contributed by atoms with Gasteiger partial charge in [0.1, 0.15) is 5.82 Å². The lowest BCUT2D eigenvalue weighted by molar-refractivity contribution is 0.0602. The zero-order valence-electron chi connectivity index (χ0n) is 11.9. The molecule has 6 heteroatoms. The Labute approximate surface area is 126 Å². The molecule has 0 bridgehead atoms. The van der Waals surface area contributed by atoms with Gasteiger partial charge in [0.05, 0.1) is 18.4 Å². The molecule has 21 heavy (non-hydrogen) atoms. The van der Waals surface area contributed by atoms with Crippen molar-refractivity contribution in [1.29, 1.82) is 0 Å². The van der Waals surface area contributed by atoms with Gasteiger partial charge >= 0.3 is 5.97 Å². The van der Waals surface area contributed by atoms with Gasteiger partial charge in [0.15, 0.2) is 0 Å². The van der Waals surface area contributed by atoms with Crippen molar-refractivity contribution in [3.05, 3.63) is 45.4 Å². The number of nitrogen functional groups attached to an aromatic ring is 1. The fourth-order valence-corrected chi connectivity index (χ4v) is 2.94. The normalized spacial score (nSPS) is 10.4. The highest BCUT2D eigenvalue weighted by Crippen LogP contribution is 2.25. The molecule has 4 nitrogen and oxygen atoms in total. The second-order valence-corrected chi connectivity index (χ2v) is 5.49. The van der Waals surface area contributed by atoms with Crippen molar-refractivity contribution in [2.45, 2.75) is 19.9 Å². The first-order valence-electron chi connectivity index (χ1n) is 6.53. The van der Waals surface area contributed by atoms with Gasteiger partial charge in [-0.3, -0.25) is 0 Å². The van der Waals surface area contributed by atoms with Crippen LogP contribution in [-0.4, -0.2) is 13.1 Å². The van der Waals surface area contributed by atoms with Gasteiger partial charge in [-0.05, 0) is 35.6 Å². The molecule has 0 saturated heterocycles. The van der Waals surface area contributed by atoms with Crippen molar-refractivity contribution in [2.75, 3.05) is 18.2 Å². The molecule has 1 aromatic carbocycles. The first-order chi connectivity index (χ1) is 10.1. The number of anilines is 2. The molecule has 0 radical (unpaired) electrons. The summed E-state index contributed by atoms with van der Waals surface area (Å²) in [5.41, 5.74) is 7.33. The summed E-state index contributed by atoms with van der Waals surface area (Å²) in [4.78, 5) is 12.7. The number of thiophene rings is 1. The number of benzene rings is 1. The van der Waals surface area contributed by atoms with E-state index in [9.17, 15) is 9.18 Å². The molecule has 2 rings (SSSR count). The van der Waals surface area contributed by atoms with Crippen LogP contribution < -0.4 is 11.1 Å². The molecule has 112 valence electrons. The SMILES string of the molecule is CCc1ccsc1CNc1cc(C(=O)OC)c(N)cc1F. The van der Waals surface area contributed by atoms with Gasteiger partial charge in [0.25, 0.3) is 0 Å². The van der Waals surface area contributed by atoms with E-state index in [1.807, 2.05) is 5.38 Å². The van der Waals surface area contributed by atoms with E-state index >= 15 is 0 Å². The van der Waals surface area contributed by atoms with Crippen molar-refractivity contribution < 1.29 is 13.9 Å². The minimum absolute atomic E-state index is 0.0651. The lowest BCUT2D eigenvalue weighted by Gasteiger charge is -2.11. The highest BCUT2D eigenvalue weighted by atomic mass is 32.1. The van der Waals surface area contributed by atoms with E-state index in [1.54, 1.807) is 11.3 Å². The smallest absolute Gasteiger partial charge is 0.340 e. The maximum Gasteiger partial charge on any atom is 0.340 e. The average Bonchev–Trinajstić information content (AvgIpc) is 2.93. The summed E-state index contributed by atoms with van der Waals surface area (Å²) in [5, 5.41) is 5.02. The number of carbonyl (C=O) groups is 1. The van der Waals surface area contributed by atoms with E-state index in [0.717, 1.165) is 17.4 Å². The molecule has 3 N–H and O–H groups in total. The van der Waals surface area contributed by atoms with Crippen LogP contribution in [0.1, 0.15) is 27.7 Å². The van der Waals surface area contributed by atoms with Gasteiger partial charge in [-0.15, -0.1) is 11.3 Å². The second kappa shape index (κ2) is 6.58. The van der Waals surface area contributed by atoms with Crippen LogP contribution >= 0.6 is 11.3 Å². The van der Waals surface area contributed by atoms with Gasteiger partial charge in [0, 0.05) is 17.1 Å². The molecule has 0 spiro atoms. The van der Waals surface area contributed by atoms with Crippen molar-refractivity contribution >= 4 is 28.7 Å². The van der Waals surface area contributed by atoms with Crippen LogP contribution in [0.4, 0.5) is 15.8 Å². The first-order valence-corrected chi connectivity index (χ1v) is 7.41. The molecule has 0 amide bonds. The minimum Gasteiger partial charge on any atom is -0.465 e. The predicted octanol–water partition coefficient (Wildman–Crippen LogP) is 3.43. The molecular formula is C15H17FN2O2S. The topological polar surface area (TPSA) is 64.3 Å². The van der Waals surface area contributed by atoms with Gasteiger partial charge in [-0.2, -0.15) is 0 Å². The summed E-state index contributed by atoms with van der Waals surface area (Å²) >= 11 is 1.62. The van der Waals surface area contributed by atoms with Crippen LogP contribution in [0.25, 0.3) is 0 Å². The van der Waals surface area contributed by atoms with Crippen molar-refractivity contribution in [3.63, 3.8) is 0 Å². The van der Waals surface area contributed by atoms with E-state index < -0.39 is 11.8 Å². The van der Waals surface area contributed by atoms with Crippen LogP contribution in [0.3, 0.4) is 0 Å². The number of methoxy groups -OCH3 is 1. The summed E-state index contributed by atoms with van der Waals surface area (Å²) in [6.45, 7) is 2.58. The van der Waals surface area contributed by atoms with E-state index in [0.29, 0.717) is 6.54 Å². The van der Waals surface area contributed by atoms with E-state index in [4.69, 9.17) is 5.73 Å². The number of esters is 1. The van der Waals surface area contributed by atoms with Gasteiger partial charge in [0.2, 0.25) is 0 Å². The third-order valence-corrected chi connectivity index (χ3v) is 4.17. The molecule has 1 aromatic heterocycles. The first kappa shape index (κ1) is 15.3. The lowest BCUT2D eigenvalue weighted by atomic mass is 10.1. The number of ether oxygens (including phenoxy) is 1. The largest absolute Gasteiger partial charge is 0.465 e. The summed E-state index contributed by atoms with van der Waals surface area (Å²) in [6, 6.07) is 4.57. The summed E-state index contributed by atoms with van der Waals surface area (Å²) in [6.07, 6.45) is 0.929. The molecule has 0 aliphatic heterocycles. The fourth-order valence-electron chi connectivity index (χ4n) is 2.02. The maximum absolute atomic E-state index is 13.9. The Balaban J connectivity index is 2.22. The number of halogens is 1. The Bertz CT molecular complexity index is 655. The Hall–Kier alpha value is -2.08. The third kappa shape index (κ3) is 3.33. The Morgan fingerprint density at radius 2 is 2.24 bits per heavy atom. The zero-order chi connectivity index (χ0) is 15.4. The highest BCUT2D eigenvalue weighted by molar-refractivity contribution is 7.10. The van der Waals surface area contributed by atoms with E-state index in [2.05, 4.69) is 23.0 Å². The van der Waals surface area contributed by atoms with E-state index in [1.165, 1.54) is 18.7 Å². The average molecular weight is 308 g/mol. The van der Waals surface area contributed by atoms with Crippen LogP contribution in [-0.2, 0) is 17.7 Å². The monoisotopic (exact) mass is 308 g/mol. The molecule has 0 saturated carbocycles. The molecule has 2 aromatic rings. The number of hydrogen-bond donors (Lipinski definition) is 2. The summed E-state index contributed by atoms with van der Waals surface area (Å²) < 4.78 is 18.5. The van der Waals surface area contributed by atoms with Gasteiger partial charge in [-0.25, -0.2) is 9.18 Å². The van der Waals surface area contributed by atoms with Crippen LogP contribution in [0.15, 0.2) is 23.6 Å². The maximum atomic E-state index is 13.9. The quantitative estimate of drug-likeness (QED) is 0.656. The number of rotatable bonds is 5. The Morgan fingerprint density at radius 1 is 1.48 bits per heavy atom. The Kier molecular flexibility index (Phi) is 4.80. The molecule has 0 unspecified atom stereocenters. The molecule has 1 heterocycles. The lowest BCUT2D eigenvalue weighted by Crippen LogP contribution is -2.09. The van der Waals surface area contributed by atoms with Crippen molar-refractivity contribution in [1.82, 2.24) is 0 Å². The second-order valence-electron chi connectivity index (χ2n) is 4.49. The van der Waals surface area contributed by atoms with E-state index in [-0.39, 0.29) is 16.9 Å². The van der Waals surface area contributed by atoms with Crippen LogP contribution in [0.5, 0.6) is 0 Å². The van der Waals surface area contributed by atoms with Gasteiger partial charge < -0.3 is 15.8 Å². The van der Waals surface area contributed by atoms with Crippen molar-refractivity contribution in [3.8, 4) is 0 Å². The summed E-state index contributed by atoms with van der Waals surface area (Å²) in [7, 11) is 1.26. The molecular weight excluding hydrogens is 291 g/mol.